The summed E-state index contributed by atoms with van der Waals surface area (Å²) in [5.74, 6) is -0.0322. The average Bonchev–Trinajstić information content (AvgIpc) is 2.86. The van der Waals surface area contributed by atoms with Gasteiger partial charge < -0.3 is 14.4 Å². The Kier molecular flexibility index (Phi) is 5.33. The maximum atomic E-state index is 11.4. The van der Waals surface area contributed by atoms with Crippen LogP contribution in [-0.4, -0.2) is 64.9 Å². The molecule has 0 saturated carbocycles. The van der Waals surface area contributed by atoms with Crippen molar-refractivity contribution >= 4 is 5.97 Å². The van der Waals surface area contributed by atoms with Crippen molar-refractivity contribution in [1.29, 1.82) is 0 Å². The Morgan fingerprint density at radius 3 is 2.95 bits per heavy atom. The van der Waals surface area contributed by atoms with Crippen LogP contribution in [0.25, 0.3) is 0 Å². The third-order valence-electron chi connectivity index (χ3n) is 3.73. The van der Waals surface area contributed by atoms with Crippen LogP contribution in [0.5, 0.6) is 0 Å². The highest BCUT2D eigenvalue weighted by molar-refractivity contribution is 5.74. The maximum Gasteiger partial charge on any atom is 0.322 e. The predicted molar refractivity (Wildman–Crippen MR) is 75.8 cm³/mol. The Labute approximate surface area is 124 Å². The van der Waals surface area contributed by atoms with E-state index in [-0.39, 0.29) is 6.04 Å². The number of ether oxygens (including phenoxy) is 1. The van der Waals surface area contributed by atoms with Gasteiger partial charge in [0.2, 0.25) is 0 Å². The molecule has 1 saturated heterocycles. The van der Waals surface area contributed by atoms with Gasteiger partial charge in [-0.05, 0) is 13.8 Å². The zero-order chi connectivity index (χ0) is 15.4. The van der Waals surface area contributed by atoms with Gasteiger partial charge in [0.15, 0.2) is 5.76 Å². The Bertz CT molecular complexity index is 475. The lowest BCUT2D eigenvalue weighted by atomic mass is 10.1. The topological polar surface area (TPSA) is 79.0 Å². The average molecular weight is 297 g/mol. The molecule has 0 bridgehead atoms. The number of methoxy groups -OCH3 is 1. The van der Waals surface area contributed by atoms with Gasteiger partial charge in [0, 0.05) is 38.9 Å². The second kappa shape index (κ2) is 7.02. The lowest BCUT2D eigenvalue weighted by molar-refractivity contribution is -0.147. The van der Waals surface area contributed by atoms with Crippen LogP contribution in [0.3, 0.4) is 0 Å². The molecule has 118 valence electrons. The van der Waals surface area contributed by atoms with E-state index in [9.17, 15) is 9.90 Å². The summed E-state index contributed by atoms with van der Waals surface area (Å²) in [6.45, 7) is 7.11. The fourth-order valence-electron chi connectivity index (χ4n) is 2.70. The zero-order valence-electron chi connectivity index (χ0n) is 12.8. The second-order valence-corrected chi connectivity index (χ2v) is 5.64. The number of hydrogen-bond donors (Lipinski definition) is 1. The highest BCUT2D eigenvalue weighted by Crippen LogP contribution is 2.16. The molecular weight excluding hydrogens is 274 g/mol. The molecule has 0 aliphatic carbocycles. The van der Waals surface area contributed by atoms with Crippen molar-refractivity contribution in [3.8, 4) is 0 Å². The van der Waals surface area contributed by atoms with Crippen LogP contribution in [0, 0.1) is 0 Å². The van der Waals surface area contributed by atoms with Crippen LogP contribution in [0.2, 0.25) is 0 Å². The summed E-state index contributed by atoms with van der Waals surface area (Å²) in [7, 11) is 1.61. The molecule has 1 aliphatic rings. The van der Waals surface area contributed by atoms with Gasteiger partial charge in [-0.2, -0.15) is 0 Å². The molecule has 1 atom stereocenters. The van der Waals surface area contributed by atoms with Crippen molar-refractivity contribution < 1.29 is 19.2 Å². The molecular formula is C14H23N3O4. The highest BCUT2D eigenvalue weighted by atomic mass is 16.5. The molecule has 1 aromatic rings. The monoisotopic (exact) mass is 297 g/mol. The van der Waals surface area contributed by atoms with Crippen LogP contribution in [-0.2, 0) is 22.7 Å². The first-order chi connectivity index (χ1) is 10.0. The van der Waals surface area contributed by atoms with Crippen molar-refractivity contribution in [3.63, 3.8) is 0 Å². The van der Waals surface area contributed by atoms with Crippen LogP contribution in [0.1, 0.15) is 25.3 Å². The van der Waals surface area contributed by atoms with E-state index in [0.29, 0.717) is 19.7 Å². The quantitative estimate of drug-likeness (QED) is 0.832. The van der Waals surface area contributed by atoms with Crippen LogP contribution < -0.4 is 0 Å². The molecule has 1 aromatic heterocycles. The summed E-state index contributed by atoms with van der Waals surface area (Å²) in [5, 5.41) is 13.3. The van der Waals surface area contributed by atoms with E-state index in [1.165, 1.54) is 0 Å². The number of hydrogen-bond acceptors (Lipinski definition) is 6. The van der Waals surface area contributed by atoms with Crippen molar-refractivity contribution in [2.75, 3.05) is 26.7 Å². The number of piperazine rings is 1. The molecule has 21 heavy (non-hydrogen) atoms. The molecule has 7 heteroatoms. The molecule has 0 amide bonds. The van der Waals surface area contributed by atoms with Gasteiger partial charge >= 0.3 is 5.97 Å². The van der Waals surface area contributed by atoms with Gasteiger partial charge in [0.05, 0.1) is 13.2 Å². The zero-order valence-corrected chi connectivity index (χ0v) is 12.8. The van der Waals surface area contributed by atoms with Crippen molar-refractivity contribution in [2.24, 2.45) is 0 Å². The number of aromatic nitrogens is 1. The number of nitrogens with zero attached hydrogens (tertiary/aromatic N) is 3. The minimum Gasteiger partial charge on any atom is -0.480 e. The molecule has 1 unspecified atom stereocenters. The van der Waals surface area contributed by atoms with Gasteiger partial charge in [-0.1, -0.05) is 5.16 Å². The first-order valence-corrected chi connectivity index (χ1v) is 7.15. The fraction of sp³-hybridized carbons (Fsp3) is 0.714. The number of rotatable bonds is 6. The summed E-state index contributed by atoms with van der Waals surface area (Å²) in [6, 6.07) is 1.61. The summed E-state index contributed by atoms with van der Waals surface area (Å²) >= 11 is 0. The predicted octanol–water partition coefficient (Wildman–Crippen LogP) is 0.800. The van der Waals surface area contributed by atoms with Gasteiger partial charge in [0.25, 0.3) is 0 Å². The van der Waals surface area contributed by atoms with Crippen LogP contribution in [0.15, 0.2) is 10.6 Å². The van der Waals surface area contributed by atoms with E-state index < -0.39 is 12.0 Å². The molecule has 0 spiro atoms. The lowest BCUT2D eigenvalue weighted by Gasteiger charge is -2.41. The minimum atomic E-state index is -0.772. The van der Waals surface area contributed by atoms with Gasteiger partial charge in [0.1, 0.15) is 11.7 Å². The molecule has 1 N–H and O–H groups in total. The first kappa shape index (κ1) is 15.9. The Morgan fingerprint density at radius 1 is 1.57 bits per heavy atom. The van der Waals surface area contributed by atoms with E-state index >= 15 is 0 Å². The van der Waals surface area contributed by atoms with Crippen molar-refractivity contribution in [3.05, 3.63) is 17.5 Å². The molecule has 0 aromatic carbocycles. The lowest BCUT2D eigenvalue weighted by Crippen LogP contribution is -2.58. The maximum absolute atomic E-state index is 11.4. The molecule has 1 fully saturated rings. The van der Waals surface area contributed by atoms with Crippen molar-refractivity contribution in [1.82, 2.24) is 15.0 Å². The Morgan fingerprint density at radius 2 is 2.33 bits per heavy atom. The molecule has 1 aliphatic heterocycles. The van der Waals surface area contributed by atoms with Crippen LogP contribution >= 0.6 is 0 Å². The summed E-state index contributed by atoms with van der Waals surface area (Å²) in [5.41, 5.74) is 0.753. The smallest absolute Gasteiger partial charge is 0.322 e. The summed E-state index contributed by atoms with van der Waals surface area (Å²) < 4.78 is 10.3. The summed E-state index contributed by atoms with van der Waals surface area (Å²) in [6.07, 6.45) is 0. The SMILES string of the molecule is COCc1cc(CN2CCN(C(C)C)C(C(=O)O)C2)on1. The fourth-order valence-corrected chi connectivity index (χ4v) is 2.70. The normalized spacial score (nSPS) is 21.0. The molecule has 0 radical (unpaired) electrons. The van der Waals surface area contributed by atoms with E-state index in [4.69, 9.17) is 9.26 Å². The number of carboxylic acid groups (broad SMARTS) is 1. The largest absolute Gasteiger partial charge is 0.480 e. The van der Waals surface area contributed by atoms with E-state index in [2.05, 4.69) is 10.1 Å². The van der Waals surface area contributed by atoms with E-state index in [1.807, 2.05) is 24.8 Å². The number of carboxylic acids is 1. The number of carbonyl (C=O) groups is 1. The molecule has 2 rings (SSSR count). The standard InChI is InChI=1S/C14H23N3O4/c1-10(2)17-5-4-16(8-13(17)14(18)19)7-12-6-11(9-20-3)15-21-12/h6,10,13H,4-5,7-9H2,1-3H3,(H,18,19). The number of aliphatic carboxylic acids is 1. The first-order valence-electron chi connectivity index (χ1n) is 7.15. The minimum absolute atomic E-state index is 0.229. The van der Waals surface area contributed by atoms with E-state index in [1.54, 1.807) is 7.11 Å². The van der Waals surface area contributed by atoms with Gasteiger partial charge in [-0.15, -0.1) is 0 Å². The van der Waals surface area contributed by atoms with Gasteiger partial charge in [-0.3, -0.25) is 14.6 Å². The van der Waals surface area contributed by atoms with Crippen molar-refractivity contribution in [2.45, 2.75) is 39.1 Å². The Hall–Kier alpha value is -1.44. The van der Waals surface area contributed by atoms with Gasteiger partial charge in [-0.25, -0.2) is 0 Å². The van der Waals surface area contributed by atoms with E-state index in [0.717, 1.165) is 24.5 Å². The molecule has 7 nitrogen and oxygen atoms in total. The Balaban J connectivity index is 1.97. The van der Waals surface area contributed by atoms with Crippen LogP contribution in [0.4, 0.5) is 0 Å². The summed E-state index contributed by atoms with van der Waals surface area (Å²) in [4.78, 5) is 15.6. The highest BCUT2D eigenvalue weighted by Gasteiger charge is 2.33. The molecule has 2 heterocycles. The second-order valence-electron chi connectivity index (χ2n) is 5.64. The third kappa shape index (κ3) is 4.03. The third-order valence-corrected chi connectivity index (χ3v) is 3.73.